The van der Waals surface area contributed by atoms with E-state index in [0.717, 1.165) is 24.8 Å². The number of hydrogen-bond donors (Lipinski definition) is 2. The highest BCUT2D eigenvalue weighted by molar-refractivity contribution is 5.74. The fourth-order valence-corrected chi connectivity index (χ4v) is 2.41. The molecule has 2 rings (SSSR count). The number of aromatic nitrogens is 1. The molecular weight excluding hydrogens is 266 g/mol. The van der Waals surface area contributed by atoms with E-state index in [-0.39, 0.29) is 18.7 Å². The number of carbonyl (C=O) groups excluding carboxylic acids is 1. The van der Waals surface area contributed by atoms with Crippen molar-refractivity contribution in [2.75, 3.05) is 13.2 Å². The highest BCUT2D eigenvalue weighted by Gasteiger charge is 2.17. The number of hydrogen-bond acceptors (Lipinski definition) is 3. The molecule has 1 heterocycles. The summed E-state index contributed by atoms with van der Waals surface area (Å²) in [6, 6.07) is 3.86. The normalized spacial score (nSPS) is 17.5. The predicted octanol–water partition coefficient (Wildman–Crippen LogP) is 2.08. The zero-order chi connectivity index (χ0) is 14.9. The summed E-state index contributed by atoms with van der Waals surface area (Å²) in [5.74, 6) is 0. The van der Waals surface area contributed by atoms with E-state index in [9.17, 15) is 4.79 Å². The zero-order valence-corrected chi connectivity index (χ0v) is 12.2. The van der Waals surface area contributed by atoms with Crippen molar-refractivity contribution in [2.45, 2.75) is 38.3 Å². The van der Waals surface area contributed by atoms with E-state index in [4.69, 9.17) is 5.11 Å². The molecule has 0 radical (unpaired) electrons. The van der Waals surface area contributed by atoms with Gasteiger partial charge in [-0.25, -0.2) is 4.79 Å². The van der Waals surface area contributed by atoms with Crippen molar-refractivity contribution in [3.8, 4) is 0 Å². The quantitative estimate of drug-likeness (QED) is 0.788. The molecular formula is C16H23N3O2. The molecule has 0 saturated carbocycles. The Morgan fingerprint density at radius 3 is 2.90 bits per heavy atom. The Morgan fingerprint density at radius 2 is 2.24 bits per heavy atom. The van der Waals surface area contributed by atoms with Gasteiger partial charge in [-0.1, -0.05) is 12.2 Å². The number of nitrogens with one attached hydrogen (secondary N) is 1. The Balaban J connectivity index is 1.95. The van der Waals surface area contributed by atoms with Gasteiger partial charge in [-0.2, -0.15) is 0 Å². The van der Waals surface area contributed by atoms with Crippen molar-refractivity contribution in [2.24, 2.45) is 0 Å². The first kappa shape index (κ1) is 15.5. The monoisotopic (exact) mass is 289 g/mol. The summed E-state index contributed by atoms with van der Waals surface area (Å²) < 4.78 is 0. The molecule has 2 N–H and O–H groups in total. The molecule has 0 aromatic carbocycles. The van der Waals surface area contributed by atoms with Gasteiger partial charge in [0.15, 0.2) is 0 Å². The van der Waals surface area contributed by atoms with Gasteiger partial charge in [0.2, 0.25) is 0 Å². The second-order valence-corrected chi connectivity index (χ2v) is 5.27. The van der Waals surface area contributed by atoms with Gasteiger partial charge in [-0.15, -0.1) is 0 Å². The first-order chi connectivity index (χ1) is 10.3. The van der Waals surface area contributed by atoms with Gasteiger partial charge in [0.05, 0.1) is 0 Å². The Hall–Kier alpha value is -1.88. The predicted molar refractivity (Wildman–Crippen MR) is 81.7 cm³/mol. The Morgan fingerprint density at radius 1 is 1.43 bits per heavy atom. The number of nitrogens with zero attached hydrogens (tertiary/aromatic N) is 2. The lowest BCUT2D eigenvalue weighted by Gasteiger charge is -2.26. The second kappa shape index (κ2) is 8.42. The van der Waals surface area contributed by atoms with Crippen molar-refractivity contribution >= 4 is 6.03 Å². The molecule has 0 spiro atoms. The fourth-order valence-electron chi connectivity index (χ4n) is 2.41. The van der Waals surface area contributed by atoms with Gasteiger partial charge in [0, 0.05) is 38.1 Å². The molecule has 1 aliphatic rings. The van der Waals surface area contributed by atoms with E-state index >= 15 is 0 Å². The third-order valence-corrected chi connectivity index (χ3v) is 3.56. The molecule has 1 aromatic heterocycles. The Kier molecular flexibility index (Phi) is 6.22. The van der Waals surface area contributed by atoms with Crippen LogP contribution in [-0.2, 0) is 6.54 Å². The van der Waals surface area contributed by atoms with Gasteiger partial charge < -0.3 is 15.3 Å². The average Bonchev–Trinajstić information content (AvgIpc) is 2.53. The van der Waals surface area contributed by atoms with Crippen LogP contribution in [0.3, 0.4) is 0 Å². The van der Waals surface area contributed by atoms with E-state index in [1.54, 1.807) is 17.3 Å². The lowest BCUT2D eigenvalue weighted by Crippen LogP contribution is -2.44. The van der Waals surface area contributed by atoms with Crippen LogP contribution in [0, 0.1) is 0 Å². The Bertz CT molecular complexity index is 462. The molecule has 114 valence electrons. The molecule has 2 amide bonds. The first-order valence-corrected chi connectivity index (χ1v) is 7.51. The number of rotatable bonds is 6. The minimum Gasteiger partial charge on any atom is -0.396 e. The summed E-state index contributed by atoms with van der Waals surface area (Å²) in [6.07, 6.45) is 11.4. The topological polar surface area (TPSA) is 65.5 Å². The summed E-state index contributed by atoms with van der Waals surface area (Å²) in [7, 11) is 0. The molecule has 0 unspecified atom stereocenters. The maximum absolute atomic E-state index is 12.4. The van der Waals surface area contributed by atoms with Crippen LogP contribution in [0.2, 0.25) is 0 Å². The molecule has 1 atom stereocenters. The summed E-state index contributed by atoms with van der Waals surface area (Å²) in [4.78, 5) is 18.1. The highest BCUT2D eigenvalue weighted by atomic mass is 16.3. The van der Waals surface area contributed by atoms with Crippen LogP contribution in [0.1, 0.15) is 31.2 Å². The SMILES string of the molecule is O=C(N[C@@H]1C=CCCC1)N(CCCO)Cc1ccncc1. The smallest absolute Gasteiger partial charge is 0.318 e. The molecule has 0 aliphatic heterocycles. The summed E-state index contributed by atoms with van der Waals surface area (Å²) in [6.45, 7) is 1.16. The van der Waals surface area contributed by atoms with Crippen molar-refractivity contribution in [1.29, 1.82) is 0 Å². The first-order valence-electron chi connectivity index (χ1n) is 7.51. The van der Waals surface area contributed by atoms with Gasteiger partial charge in [0.25, 0.3) is 0 Å². The van der Waals surface area contributed by atoms with E-state index < -0.39 is 0 Å². The van der Waals surface area contributed by atoms with Gasteiger partial charge in [0.1, 0.15) is 0 Å². The maximum Gasteiger partial charge on any atom is 0.318 e. The second-order valence-electron chi connectivity index (χ2n) is 5.27. The van der Waals surface area contributed by atoms with Gasteiger partial charge >= 0.3 is 6.03 Å². The van der Waals surface area contributed by atoms with Crippen molar-refractivity contribution in [3.05, 3.63) is 42.2 Å². The molecule has 21 heavy (non-hydrogen) atoms. The number of aliphatic hydroxyl groups is 1. The lowest BCUT2D eigenvalue weighted by atomic mass is 10.0. The summed E-state index contributed by atoms with van der Waals surface area (Å²) in [5.41, 5.74) is 1.04. The van der Waals surface area contributed by atoms with Crippen molar-refractivity contribution in [1.82, 2.24) is 15.2 Å². The maximum atomic E-state index is 12.4. The van der Waals surface area contributed by atoms with E-state index in [1.807, 2.05) is 12.1 Å². The van der Waals surface area contributed by atoms with Crippen molar-refractivity contribution < 1.29 is 9.90 Å². The van der Waals surface area contributed by atoms with E-state index in [1.165, 1.54) is 0 Å². The Labute approximate surface area is 125 Å². The van der Waals surface area contributed by atoms with Crippen LogP contribution in [-0.4, -0.2) is 40.2 Å². The van der Waals surface area contributed by atoms with Crippen LogP contribution < -0.4 is 5.32 Å². The minimum absolute atomic E-state index is 0.0724. The highest BCUT2D eigenvalue weighted by Crippen LogP contribution is 2.11. The van der Waals surface area contributed by atoms with Gasteiger partial charge in [-0.3, -0.25) is 4.98 Å². The van der Waals surface area contributed by atoms with E-state index in [2.05, 4.69) is 22.5 Å². The van der Waals surface area contributed by atoms with Crippen molar-refractivity contribution in [3.63, 3.8) is 0 Å². The molecule has 1 aliphatic carbocycles. The zero-order valence-electron chi connectivity index (χ0n) is 12.2. The molecule has 1 aromatic rings. The largest absolute Gasteiger partial charge is 0.396 e. The molecule has 0 fully saturated rings. The molecule has 5 heteroatoms. The molecule has 0 bridgehead atoms. The number of allylic oxidation sites excluding steroid dienone is 1. The minimum atomic E-state index is -0.0724. The third kappa shape index (κ3) is 5.19. The lowest BCUT2D eigenvalue weighted by molar-refractivity contribution is 0.184. The average molecular weight is 289 g/mol. The van der Waals surface area contributed by atoms with E-state index in [0.29, 0.717) is 19.5 Å². The van der Waals surface area contributed by atoms with Crippen LogP contribution in [0.5, 0.6) is 0 Å². The fraction of sp³-hybridized carbons (Fsp3) is 0.500. The standard InChI is InChI=1S/C16H23N3O2/c20-12-4-11-19(13-14-7-9-17-10-8-14)16(21)18-15-5-2-1-3-6-15/h2,5,7-10,15,20H,1,3-4,6,11-13H2,(H,18,21)/t15-/m1/s1. The number of carbonyl (C=O) groups is 1. The molecule has 5 nitrogen and oxygen atoms in total. The summed E-state index contributed by atoms with van der Waals surface area (Å²) in [5, 5.41) is 12.1. The number of pyridine rings is 1. The number of urea groups is 1. The summed E-state index contributed by atoms with van der Waals surface area (Å²) >= 11 is 0. The van der Waals surface area contributed by atoms with Crippen LogP contribution in [0.15, 0.2) is 36.7 Å². The molecule has 0 saturated heterocycles. The van der Waals surface area contributed by atoms with Crippen LogP contribution in [0.4, 0.5) is 4.79 Å². The van der Waals surface area contributed by atoms with Gasteiger partial charge in [-0.05, 0) is 43.4 Å². The number of amides is 2. The number of aliphatic hydroxyl groups excluding tert-OH is 1. The van der Waals surface area contributed by atoms with Crippen LogP contribution in [0.25, 0.3) is 0 Å². The van der Waals surface area contributed by atoms with Crippen LogP contribution >= 0.6 is 0 Å². The third-order valence-electron chi connectivity index (χ3n) is 3.56.